The Bertz CT molecular complexity index is 517. The average molecular weight is 277 g/mol. The molecule has 1 saturated heterocycles. The number of carbonyl (C=O) groups is 1. The van der Waals surface area contributed by atoms with E-state index in [4.69, 9.17) is 12.2 Å². The molecule has 2 nitrogen and oxygen atoms in total. The van der Waals surface area contributed by atoms with Gasteiger partial charge in [-0.3, -0.25) is 9.69 Å². The van der Waals surface area contributed by atoms with Crippen LogP contribution in [0.15, 0.2) is 29.2 Å². The van der Waals surface area contributed by atoms with Crippen molar-refractivity contribution in [3.05, 3.63) is 40.3 Å². The summed E-state index contributed by atoms with van der Waals surface area (Å²) in [7, 11) is 1.71. The van der Waals surface area contributed by atoms with E-state index in [9.17, 15) is 4.79 Å². The predicted octanol–water partition coefficient (Wildman–Crippen LogP) is 3.64. The van der Waals surface area contributed by atoms with E-state index in [1.165, 1.54) is 22.2 Å². The van der Waals surface area contributed by atoms with E-state index in [-0.39, 0.29) is 5.91 Å². The lowest BCUT2D eigenvalue weighted by Crippen LogP contribution is -2.22. The second-order valence-corrected chi connectivity index (χ2v) is 6.24. The number of rotatable bonds is 2. The standard InChI is InChI=1S/C14H15NOS2/c1-9(2)11-6-4-10(5-7-11)8-12-13(16)15(3)14(17)18-12/h4-9H,1-3H3/b12-8+. The lowest BCUT2D eigenvalue weighted by molar-refractivity contribution is -0.121. The summed E-state index contributed by atoms with van der Waals surface area (Å²) < 4.78 is 0.616. The molecular weight excluding hydrogens is 262 g/mol. The molecule has 0 bridgehead atoms. The van der Waals surface area contributed by atoms with Crippen molar-refractivity contribution in [2.75, 3.05) is 7.05 Å². The maximum absolute atomic E-state index is 11.8. The fraction of sp³-hybridized carbons (Fsp3) is 0.286. The van der Waals surface area contributed by atoms with Crippen LogP contribution in [0.5, 0.6) is 0 Å². The minimum atomic E-state index is -0.0158. The van der Waals surface area contributed by atoms with Gasteiger partial charge in [-0.25, -0.2) is 0 Å². The Labute approximate surface area is 117 Å². The van der Waals surface area contributed by atoms with Gasteiger partial charge in [0.05, 0.1) is 4.91 Å². The van der Waals surface area contributed by atoms with E-state index < -0.39 is 0 Å². The van der Waals surface area contributed by atoms with Gasteiger partial charge in [-0.15, -0.1) is 0 Å². The third kappa shape index (κ3) is 2.65. The van der Waals surface area contributed by atoms with E-state index in [0.29, 0.717) is 15.1 Å². The molecule has 1 aliphatic heterocycles. The molecule has 1 amide bonds. The first-order valence-corrected chi connectivity index (χ1v) is 7.03. The maximum Gasteiger partial charge on any atom is 0.265 e. The third-order valence-corrected chi connectivity index (χ3v) is 4.37. The van der Waals surface area contributed by atoms with Crippen molar-refractivity contribution in [1.29, 1.82) is 0 Å². The van der Waals surface area contributed by atoms with E-state index in [1.54, 1.807) is 7.05 Å². The average Bonchev–Trinajstić information content (AvgIpc) is 2.58. The second-order valence-electron chi connectivity index (χ2n) is 4.56. The predicted molar refractivity (Wildman–Crippen MR) is 81.5 cm³/mol. The Morgan fingerprint density at radius 1 is 1.28 bits per heavy atom. The van der Waals surface area contributed by atoms with E-state index in [2.05, 4.69) is 26.0 Å². The number of nitrogens with zero attached hydrogens (tertiary/aromatic N) is 1. The summed E-state index contributed by atoms with van der Waals surface area (Å²) in [6, 6.07) is 8.28. The molecule has 0 aromatic heterocycles. The van der Waals surface area contributed by atoms with E-state index in [1.807, 2.05) is 18.2 Å². The van der Waals surface area contributed by atoms with Crippen molar-refractivity contribution in [2.45, 2.75) is 19.8 Å². The number of benzene rings is 1. The topological polar surface area (TPSA) is 20.3 Å². The zero-order valence-corrected chi connectivity index (χ0v) is 12.3. The first-order chi connectivity index (χ1) is 8.49. The monoisotopic (exact) mass is 277 g/mol. The van der Waals surface area contributed by atoms with Gasteiger partial charge in [0.1, 0.15) is 4.32 Å². The Kier molecular flexibility index (Phi) is 3.88. The van der Waals surface area contributed by atoms with Crippen LogP contribution in [0, 0.1) is 0 Å². The second kappa shape index (κ2) is 5.24. The van der Waals surface area contributed by atoms with Crippen LogP contribution in [0.2, 0.25) is 0 Å². The molecule has 1 aliphatic rings. The van der Waals surface area contributed by atoms with Crippen molar-refractivity contribution in [3.8, 4) is 0 Å². The molecular formula is C14H15NOS2. The third-order valence-electron chi connectivity index (χ3n) is 2.89. The summed E-state index contributed by atoms with van der Waals surface area (Å²) >= 11 is 6.45. The summed E-state index contributed by atoms with van der Waals surface area (Å²) in [5, 5.41) is 0. The Morgan fingerprint density at radius 2 is 1.89 bits per heavy atom. The molecule has 0 saturated carbocycles. The minimum Gasteiger partial charge on any atom is -0.296 e. The zero-order chi connectivity index (χ0) is 13.3. The fourth-order valence-electron chi connectivity index (χ4n) is 1.67. The van der Waals surface area contributed by atoms with Gasteiger partial charge in [-0.1, -0.05) is 62.1 Å². The molecule has 1 aromatic rings. The van der Waals surface area contributed by atoms with Crippen LogP contribution >= 0.6 is 24.0 Å². The van der Waals surface area contributed by atoms with Gasteiger partial charge < -0.3 is 0 Å². The highest BCUT2D eigenvalue weighted by molar-refractivity contribution is 8.26. The lowest BCUT2D eigenvalue weighted by atomic mass is 10.0. The van der Waals surface area contributed by atoms with Gasteiger partial charge in [0.2, 0.25) is 0 Å². The smallest absolute Gasteiger partial charge is 0.265 e. The molecule has 2 rings (SSSR count). The molecule has 0 atom stereocenters. The van der Waals surface area contributed by atoms with Crippen LogP contribution in [0.25, 0.3) is 6.08 Å². The molecule has 0 aliphatic carbocycles. The SMILES string of the molecule is CC(C)c1ccc(/C=C2/SC(=S)N(C)C2=O)cc1. The molecule has 1 heterocycles. The maximum atomic E-state index is 11.8. The van der Waals surface area contributed by atoms with Gasteiger partial charge in [0.25, 0.3) is 5.91 Å². The minimum absolute atomic E-state index is 0.0158. The molecule has 94 valence electrons. The summed E-state index contributed by atoms with van der Waals surface area (Å²) in [5.74, 6) is 0.505. The van der Waals surface area contributed by atoms with Gasteiger partial charge in [-0.05, 0) is 23.1 Å². The number of thioether (sulfide) groups is 1. The zero-order valence-electron chi connectivity index (χ0n) is 10.6. The molecule has 0 radical (unpaired) electrons. The molecule has 1 fully saturated rings. The quantitative estimate of drug-likeness (QED) is 0.608. The van der Waals surface area contributed by atoms with Crippen LogP contribution in [0.3, 0.4) is 0 Å². The molecule has 0 unspecified atom stereocenters. The molecule has 1 aromatic carbocycles. The summed E-state index contributed by atoms with van der Waals surface area (Å²) in [4.78, 5) is 14.0. The summed E-state index contributed by atoms with van der Waals surface area (Å²) in [6.45, 7) is 4.33. The van der Waals surface area contributed by atoms with Crippen LogP contribution in [0.4, 0.5) is 0 Å². The van der Waals surface area contributed by atoms with Crippen LogP contribution in [-0.4, -0.2) is 22.2 Å². The summed E-state index contributed by atoms with van der Waals surface area (Å²) in [5.41, 5.74) is 2.34. The van der Waals surface area contributed by atoms with Crippen LogP contribution in [0.1, 0.15) is 30.9 Å². The highest BCUT2D eigenvalue weighted by Gasteiger charge is 2.28. The van der Waals surface area contributed by atoms with Crippen molar-refractivity contribution < 1.29 is 4.79 Å². The Hall–Kier alpha value is -1.13. The van der Waals surface area contributed by atoms with E-state index >= 15 is 0 Å². The highest BCUT2D eigenvalue weighted by atomic mass is 32.2. The normalized spacial score (nSPS) is 18.2. The number of likely N-dealkylation sites (N-methyl/N-ethyl adjacent to an activating group) is 1. The van der Waals surface area contributed by atoms with Gasteiger partial charge >= 0.3 is 0 Å². The number of hydrogen-bond donors (Lipinski definition) is 0. The Balaban J connectivity index is 2.24. The fourth-order valence-corrected chi connectivity index (χ4v) is 2.85. The van der Waals surface area contributed by atoms with Crippen molar-refractivity contribution in [1.82, 2.24) is 4.90 Å². The van der Waals surface area contributed by atoms with Crippen LogP contribution < -0.4 is 0 Å². The first kappa shape index (κ1) is 13.3. The molecule has 0 N–H and O–H groups in total. The van der Waals surface area contributed by atoms with Crippen molar-refractivity contribution >= 4 is 40.3 Å². The van der Waals surface area contributed by atoms with E-state index in [0.717, 1.165) is 5.56 Å². The van der Waals surface area contributed by atoms with Crippen LogP contribution in [-0.2, 0) is 4.79 Å². The van der Waals surface area contributed by atoms with Crippen molar-refractivity contribution in [2.24, 2.45) is 0 Å². The number of carbonyl (C=O) groups excluding carboxylic acids is 1. The first-order valence-electron chi connectivity index (χ1n) is 5.80. The van der Waals surface area contributed by atoms with Gasteiger partial charge in [0, 0.05) is 7.05 Å². The number of amides is 1. The van der Waals surface area contributed by atoms with Gasteiger partial charge in [0.15, 0.2) is 0 Å². The number of hydrogen-bond acceptors (Lipinski definition) is 3. The lowest BCUT2D eigenvalue weighted by Gasteiger charge is -2.05. The summed E-state index contributed by atoms with van der Waals surface area (Å²) in [6.07, 6.45) is 1.90. The van der Waals surface area contributed by atoms with Gasteiger partial charge in [-0.2, -0.15) is 0 Å². The Morgan fingerprint density at radius 3 is 2.33 bits per heavy atom. The molecule has 4 heteroatoms. The van der Waals surface area contributed by atoms with Crippen molar-refractivity contribution in [3.63, 3.8) is 0 Å². The largest absolute Gasteiger partial charge is 0.296 e. The number of thiocarbonyl (C=S) groups is 1. The molecule has 0 spiro atoms. The molecule has 18 heavy (non-hydrogen) atoms. The highest BCUT2D eigenvalue weighted by Crippen LogP contribution is 2.31.